The van der Waals surface area contributed by atoms with Crippen LogP contribution in [0.3, 0.4) is 0 Å². The molecule has 1 aromatic carbocycles. The molecule has 3 rings (SSSR count). The molecule has 0 aromatic heterocycles. The van der Waals surface area contributed by atoms with E-state index < -0.39 is 29.7 Å². The molecule has 4 atom stereocenters. The van der Waals surface area contributed by atoms with Gasteiger partial charge in [0.05, 0.1) is 36.3 Å². The number of nitrogens with one attached hydrogen (secondary N) is 2. The molecule has 2 fully saturated rings. The van der Waals surface area contributed by atoms with E-state index in [2.05, 4.69) is 10.6 Å². The van der Waals surface area contributed by atoms with Crippen LogP contribution in [0.4, 0.5) is 0 Å². The zero-order valence-electron chi connectivity index (χ0n) is 13.7. The number of hydrogen-bond donors (Lipinski definition) is 5. The van der Waals surface area contributed by atoms with E-state index in [-0.39, 0.29) is 19.1 Å². The Bertz CT molecular complexity index is 559. The first kappa shape index (κ1) is 17.4. The van der Waals surface area contributed by atoms with Crippen LogP contribution < -0.4 is 10.6 Å². The fourth-order valence-electron chi connectivity index (χ4n) is 4.04. The summed E-state index contributed by atoms with van der Waals surface area (Å²) in [7, 11) is 0. The van der Waals surface area contributed by atoms with E-state index in [0.29, 0.717) is 0 Å². The molecule has 0 spiro atoms. The largest absolute Gasteiger partial charge is 0.395 e. The number of amides is 1. The summed E-state index contributed by atoms with van der Waals surface area (Å²) in [6.45, 7) is -0.0290. The van der Waals surface area contributed by atoms with Gasteiger partial charge in [-0.25, -0.2) is 0 Å². The van der Waals surface area contributed by atoms with Gasteiger partial charge in [0.1, 0.15) is 0 Å². The summed E-state index contributed by atoms with van der Waals surface area (Å²) in [5.74, 6) is -0.0258. The summed E-state index contributed by atoms with van der Waals surface area (Å²) in [4.78, 5) is 12.9. The van der Waals surface area contributed by atoms with Crippen molar-refractivity contribution < 1.29 is 20.1 Å². The maximum atomic E-state index is 12.9. The lowest BCUT2D eigenvalue weighted by Gasteiger charge is -2.29. The van der Waals surface area contributed by atoms with Crippen LogP contribution in [0.15, 0.2) is 30.3 Å². The van der Waals surface area contributed by atoms with Gasteiger partial charge < -0.3 is 26.0 Å². The Balaban J connectivity index is 1.67. The minimum absolute atomic E-state index is 0.0258. The van der Waals surface area contributed by atoms with E-state index in [1.807, 2.05) is 30.3 Å². The van der Waals surface area contributed by atoms with Crippen molar-refractivity contribution in [3.05, 3.63) is 35.9 Å². The molecular weight excluding hydrogens is 308 g/mol. The molecule has 132 valence electrons. The third-order valence-electron chi connectivity index (χ3n) is 5.50. The zero-order valence-corrected chi connectivity index (χ0v) is 13.7. The zero-order chi connectivity index (χ0) is 17.2. The predicted molar refractivity (Wildman–Crippen MR) is 89.4 cm³/mol. The van der Waals surface area contributed by atoms with E-state index in [9.17, 15) is 20.1 Å². The van der Waals surface area contributed by atoms with Crippen LogP contribution in [0.2, 0.25) is 0 Å². The monoisotopic (exact) mass is 334 g/mol. The Morgan fingerprint density at radius 3 is 2.33 bits per heavy atom. The second-order valence-corrected chi connectivity index (χ2v) is 6.91. The molecule has 1 heterocycles. The first-order valence-corrected chi connectivity index (χ1v) is 8.65. The number of benzene rings is 1. The highest BCUT2D eigenvalue weighted by atomic mass is 16.3. The molecular formula is C18H26N2O4. The number of hydrogen-bond acceptors (Lipinski definition) is 5. The van der Waals surface area contributed by atoms with Crippen LogP contribution in [-0.4, -0.2) is 58.7 Å². The Labute approximate surface area is 141 Å². The summed E-state index contributed by atoms with van der Waals surface area (Å²) < 4.78 is 0. The summed E-state index contributed by atoms with van der Waals surface area (Å²) in [5.41, 5.74) is 0.535. The second-order valence-electron chi connectivity index (χ2n) is 6.91. The highest BCUT2D eigenvalue weighted by Gasteiger charge is 2.44. The predicted octanol–water partition coefficient (Wildman–Crippen LogP) is -0.331. The summed E-state index contributed by atoms with van der Waals surface area (Å²) in [6, 6.07) is 8.82. The first-order chi connectivity index (χ1) is 11.6. The van der Waals surface area contributed by atoms with Gasteiger partial charge in [-0.3, -0.25) is 4.79 Å². The van der Waals surface area contributed by atoms with Crippen LogP contribution in [0.25, 0.3) is 0 Å². The summed E-state index contributed by atoms with van der Waals surface area (Å²) in [6.07, 6.45) is 1.68. The van der Waals surface area contributed by atoms with Crippen LogP contribution in [0.5, 0.6) is 0 Å². The Kier molecular flexibility index (Phi) is 5.20. The minimum Gasteiger partial charge on any atom is -0.395 e. The molecule has 1 aliphatic carbocycles. The lowest BCUT2D eigenvalue weighted by Crippen LogP contribution is -2.49. The smallest absolute Gasteiger partial charge is 0.230 e. The molecule has 1 amide bonds. The second kappa shape index (κ2) is 7.19. The average molecular weight is 334 g/mol. The highest BCUT2D eigenvalue weighted by molar-refractivity contribution is 5.88. The van der Waals surface area contributed by atoms with Crippen molar-refractivity contribution in [3.63, 3.8) is 0 Å². The molecule has 1 aliphatic heterocycles. The third-order valence-corrected chi connectivity index (χ3v) is 5.50. The number of aliphatic hydroxyl groups excluding tert-OH is 3. The quantitative estimate of drug-likeness (QED) is 0.507. The molecule has 6 nitrogen and oxygen atoms in total. The number of carbonyl (C=O) groups excluding carboxylic acids is 1. The van der Waals surface area contributed by atoms with E-state index in [1.165, 1.54) is 0 Å². The first-order valence-electron chi connectivity index (χ1n) is 8.65. The number of rotatable bonds is 5. The van der Waals surface area contributed by atoms with Crippen molar-refractivity contribution in [2.24, 2.45) is 0 Å². The molecule has 24 heavy (non-hydrogen) atoms. The Morgan fingerprint density at radius 2 is 1.75 bits per heavy atom. The molecule has 1 saturated heterocycles. The highest BCUT2D eigenvalue weighted by Crippen LogP contribution is 2.41. The van der Waals surface area contributed by atoms with Gasteiger partial charge in [-0.05, 0) is 18.4 Å². The normalized spacial score (nSPS) is 32.0. The SMILES string of the molecule is O=C(NC[C@@H]1N[C@H](CO)[C@H](O)[C@@H]1O)C1(c2ccccc2)CCCC1. The molecule has 0 bridgehead atoms. The van der Waals surface area contributed by atoms with Crippen molar-refractivity contribution >= 4 is 5.91 Å². The van der Waals surface area contributed by atoms with Crippen molar-refractivity contribution in [1.29, 1.82) is 0 Å². The molecule has 5 N–H and O–H groups in total. The van der Waals surface area contributed by atoms with Gasteiger partial charge >= 0.3 is 0 Å². The van der Waals surface area contributed by atoms with Gasteiger partial charge in [-0.2, -0.15) is 0 Å². The van der Waals surface area contributed by atoms with E-state index in [1.54, 1.807) is 0 Å². The number of aliphatic hydroxyl groups is 3. The van der Waals surface area contributed by atoms with Crippen LogP contribution >= 0.6 is 0 Å². The van der Waals surface area contributed by atoms with Crippen molar-refractivity contribution in [2.45, 2.75) is 55.4 Å². The molecule has 6 heteroatoms. The summed E-state index contributed by atoms with van der Waals surface area (Å²) in [5, 5.41) is 35.0. The van der Waals surface area contributed by atoms with Gasteiger partial charge in [-0.15, -0.1) is 0 Å². The minimum atomic E-state index is -1.02. The van der Waals surface area contributed by atoms with Gasteiger partial charge in [-0.1, -0.05) is 43.2 Å². The van der Waals surface area contributed by atoms with Crippen molar-refractivity contribution in [3.8, 4) is 0 Å². The average Bonchev–Trinajstić information content (AvgIpc) is 3.21. The molecule has 2 aliphatic rings. The topological polar surface area (TPSA) is 102 Å². The fourth-order valence-corrected chi connectivity index (χ4v) is 4.04. The Morgan fingerprint density at radius 1 is 1.12 bits per heavy atom. The molecule has 0 radical (unpaired) electrons. The van der Waals surface area contributed by atoms with E-state index in [4.69, 9.17) is 0 Å². The fraction of sp³-hybridized carbons (Fsp3) is 0.611. The lowest BCUT2D eigenvalue weighted by molar-refractivity contribution is -0.126. The standard InChI is InChI=1S/C18H26N2O4/c21-11-14-16(23)15(22)13(20-14)10-19-17(24)18(8-4-5-9-18)12-6-2-1-3-7-12/h1-3,6-7,13-16,20-23H,4-5,8-11H2,(H,19,24)/t13-,14+,15+,16-/m0/s1. The van der Waals surface area contributed by atoms with Gasteiger partial charge in [0.15, 0.2) is 0 Å². The summed E-state index contributed by atoms with van der Waals surface area (Å²) >= 11 is 0. The van der Waals surface area contributed by atoms with Crippen molar-refractivity contribution in [1.82, 2.24) is 10.6 Å². The maximum Gasteiger partial charge on any atom is 0.230 e. The van der Waals surface area contributed by atoms with Crippen LogP contribution in [0, 0.1) is 0 Å². The number of carbonyl (C=O) groups is 1. The Hall–Kier alpha value is -1.47. The van der Waals surface area contributed by atoms with Crippen LogP contribution in [0.1, 0.15) is 31.2 Å². The van der Waals surface area contributed by atoms with E-state index in [0.717, 1.165) is 31.2 Å². The molecule has 1 saturated carbocycles. The third kappa shape index (κ3) is 3.07. The van der Waals surface area contributed by atoms with Gasteiger partial charge in [0.2, 0.25) is 5.91 Å². The van der Waals surface area contributed by atoms with Crippen molar-refractivity contribution in [2.75, 3.05) is 13.2 Å². The maximum absolute atomic E-state index is 12.9. The van der Waals surface area contributed by atoms with Gasteiger partial charge in [0.25, 0.3) is 0 Å². The lowest BCUT2D eigenvalue weighted by atomic mass is 9.78. The van der Waals surface area contributed by atoms with E-state index >= 15 is 0 Å². The molecule has 1 aromatic rings. The van der Waals surface area contributed by atoms with Gasteiger partial charge in [0, 0.05) is 6.54 Å². The van der Waals surface area contributed by atoms with Crippen LogP contribution in [-0.2, 0) is 10.2 Å². The molecule has 0 unspecified atom stereocenters.